The van der Waals surface area contributed by atoms with Gasteiger partial charge in [0, 0.05) is 17.1 Å². The first-order chi connectivity index (χ1) is 8.47. The summed E-state index contributed by atoms with van der Waals surface area (Å²) in [6.45, 7) is 0.325. The maximum Gasteiger partial charge on any atom is 0.241 e. The van der Waals surface area contributed by atoms with Gasteiger partial charge >= 0.3 is 0 Å². The quantitative estimate of drug-likeness (QED) is 0.771. The van der Waals surface area contributed by atoms with Crippen LogP contribution >= 0.6 is 15.9 Å². The number of aliphatic hydroxyl groups is 1. The maximum absolute atomic E-state index is 13.5. The number of hydrogen-bond donors (Lipinski definition) is 3. The van der Waals surface area contributed by atoms with Crippen LogP contribution in [0.3, 0.4) is 0 Å². The highest BCUT2D eigenvalue weighted by Crippen LogP contribution is 2.27. The number of β-amino-alcohol motifs (C(OH)–C–C–N with tert-alkyl or cyclic N) is 1. The zero-order valence-electron chi connectivity index (χ0n) is 9.21. The molecule has 98 valence electrons. The third-order valence-corrected chi connectivity index (χ3v) is 3.30. The number of nitrogens with one attached hydrogen (secondary N) is 2. The molecule has 4 nitrogen and oxygen atoms in total. The SMILES string of the molecule is O=C(Nc1c(F)cc(F)cc1Br)C1CC(O)CN1. The van der Waals surface area contributed by atoms with Crippen LogP contribution in [0, 0.1) is 11.6 Å². The third-order valence-electron chi connectivity index (χ3n) is 2.68. The molecule has 0 spiro atoms. The number of anilines is 1. The van der Waals surface area contributed by atoms with Gasteiger partial charge in [0.1, 0.15) is 5.82 Å². The first-order valence-corrected chi connectivity index (χ1v) is 6.13. The largest absolute Gasteiger partial charge is 0.392 e. The van der Waals surface area contributed by atoms with Gasteiger partial charge in [-0.15, -0.1) is 0 Å². The Morgan fingerprint density at radius 3 is 2.78 bits per heavy atom. The van der Waals surface area contributed by atoms with E-state index in [4.69, 9.17) is 0 Å². The number of carbonyl (C=O) groups excluding carboxylic acids is 1. The van der Waals surface area contributed by atoms with Crippen molar-refractivity contribution in [2.75, 3.05) is 11.9 Å². The van der Waals surface area contributed by atoms with Crippen molar-refractivity contribution >= 4 is 27.5 Å². The molecule has 7 heteroatoms. The van der Waals surface area contributed by atoms with Crippen LogP contribution in [0.15, 0.2) is 16.6 Å². The van der Waals surface area contributed by atoms with Crippen LogP contribution in [0.2, 0.25) is 0 Å². The van der Waals surface area contributed by atoms with Crippen molar-refractivity contribution in [1.82, 2.24) is 5.32 Å². The average molecular weight is 321 g/mol. The monoisotopic (exact) mass is 320 g/mol. The number of amides is 1. The smallest absolute Gasteiger partial charge is 0.241 e. The van der Waals surface area contributed by atoms with Crippen LogP contribution in [0.1, 0.15) is 6.42 Å². The number of carbonyl (C=O) groups is 1. The van der Waals surface area contributed by atoms with E-state index in [1.54, 1.807) is 0 Å². The van der Waals surface area contributed by atoms with E-state index in [0.717, 1.165) is 6.07 Å². The van der Waals surface area contributed by atoms with E-state index in [1.807, 2.05) is 0 Å². The van der Waals surface area contributed by atoms with Gasteiger partial charge in [0.2, 0.25) is 5.91 Å². The van der Waals surface area contributed by atoms with Crippen molar-refractivity contribution in [3.63, 3.8) is 0 Å². The molecule has 1 aromatic rings. The molecule has 0 radical (unpaired) electrons. The zero-order valence-corrected chi connectivity index (χ0v) is 10.8. The highest BCUT2D eigenvalue weighted by atomic mass is 79.9. The van der Waals surface area contributed by atoms with Gasteiger partial charge in [0.15, 0.2) is 5.82 Å². The second kappa shape index (κ2) is 5.29. The predicted octanol–water partition coefficient (Wildman–Crippen LogP) is 1.39. The lowest BCUT2D eigenvalue weighted by atomic mass is 10.2. The molecule has 1 saturated heterocycles. The van der Waals surface area contributed by atoms with Crippen LogP contribution in [0.4, 0.5) is 14.5 Å². The molecule has 3 N–H and O–H groups in total. The third kappa shape index (κ3) is 2.85. The molecule has 0 aliphatic carbocycles. The Kier molecular flexibility index (Phi) is 3.94. The van der Waals surface area contributed by atoms with Gasteiger partial charge in [-0.1, -0.05) is 0 Å². The summed E-state index contributed by atoms with van der Waals surface area (Å²) in [6.07, 6.45) is -0.311. The molecule has 1 fully saturated rings. The summed E-state index contributed by atoms with van der Waals surface area (Å²) in [4.78, 5) is 11.8. The molecule has 1 aliphatic rings. The van der Waals surface area contributed by atoms with Crippen molar-refractivity contribution in [2.45, 2.75) is 18.6 Å². The molecule has 2 unspecified atom stereocenters. The number of hydrogen-bond acceptors (Lipinski definition) is 3. The molecule has 0 saturated carbocycles. The fraction of sp³-hybridized carbons (Fsp3) is 0.364. The Hall–Kier alpha value is -1.05. The van der Waals surface area contributed by atoms with Gasteiger partial charge in [0.05, 0.1) is 17.8 Å². The summed E-state index contributed by atoms with van der Waals surface area (Å²) in [5, 5.41) is 14.5. The molecule has 1 aliphatic heterocycles. The Bertz CT molecular complexity index is 461. The van der Waals surface area contributed by atoms with E-state index < -0.39 is 29.7 Å². The Balaban J connectivity index is 2.12. The lowest BCUT2D eigenvalue weighted by Crippen LogP contribution is -2.35. The lowest BCUT2D eigenvalue weighted by Gasteiger charge is -2.13. The van der Waals surface area contributed by atoms with Crippen molar-refractivity contribution in [3.8, 4) is 0 Å². The highest BCUT2D eigenvalue weighted by Gasteiger charge is 2.28. The lowest BCUT2D eigenvalue weighted by molar-refractivity contribution is -0.118. The van der Waals surface area contributed by atoms with Crippen LogP contribution in [-0.2, 0) is 4.79 Å². The van der Waals surface area contributed by atoms with Crippen LogP contribution < -0.4 is 10.6 Å². The normalized spacial score (nSPS) is 23.1. The van der Waals surface area contributed by atoms with Crippen molar-refractivity contribution in [3.05, 3.63) is 28.2 Å². The van der Waals surface area contributed by atoms with E-state index in [0.29, 0.717) is 12.6 Å². The predicted molar refractivity (Wildman–Crippen MR) is 65.1 cm³/mol. The first kappa shape index (κ1) is 13.4. The Morgan fingerprint density at radius 1 is 1.50 bits per heavy atom. The molecule has 2 atom stereocenters. The standard InChI is InChI=1S/C11H11BrF2N2O2/c12-7-1-5(13)2-8(14)10(7)16-11(18)9-3-6(17)4-15-9/h1-2,6,9,15,17H,3-4H2,(H,16,18). The summed E-state index contributed by atoms with van der Waals surface area (Å²) in [5.74, 6) is -2.04. The second-order valence-electron chi connectivity index (χ2n) is 4.08. The summed E-state index contributed by atoms with van der Waals surface area (Å²) >= 11 is 2.98. The summed E-state index contributed by atoms with van der Waals surface area (Å²) in [6, 6.07) is 1.18. The minimum atomic E-state index is -0.853. The van der Waals surface area contributed by atoms with Crippen LogP contribution in [0.25, 0.3) is 0 Å². The van der Waals surface area contributed by atoms with Crippen LogP contribution in [-0.4, -0.2) is 29.7 Å². The van der Waals surface area contributed by atoms with Gasteiger partial charge < -0.3 is 15.7 Å². The molecule has 18 heavy (non-hydrogen) atoms. The Morgan fingerprint density at radius 2 is 2.22 bits per heavy atom. The van der Waals surface area contributed by atoms with E-state index in [-0.39, 0.29) is 16.6 Å². The fourth-order valence-corrected chi connectivity index (χ4v) is 2.30. The van der Waals surface area contributed by atoms with E-state index in [9.17, 15) is 18.7 Å². The number of benzene rings is 1. The molecular formula is C11H11BrF2N2O2. The fourth-order valence-electron chi connectivity index (χ4n) is 1.79. The van der Waals surface area contributed by atoms with Crippen molar-refractivity contribution < 1.29 is 18.7 Å². The highest BCUT2D eigenvalue weighted by molar-refractivity contribution is 9.10. The van der Waals surface area contributed by atoms with Gasteiger partial charge in [0.25, 0.3) is 0 Å². The first-order valence-electron chi connectivity index (χ1n) is 5.34. The number of halogens is 3. The zero-order chi connectivity index (χ0) is 13.3. The van der Waals surface area contributed by atoms with Gasteiger partial charge in [-0.05, 0) is 28.4 Å². The minimum absolute atomic E-state index is 0.107. The van der Waals surface area contributed by atoms with E-state index in [2.05, 4.69) is 26.6 Å². The van der Waals surface area contributed by atoms with Gasteiger partial charge in [-0.25, -0.2) is 8.78 Å². The van der Waals surface area contributed by atoms with Crippen molar-refractivity contribution in [2.24, 2.45) is 0 Å². The van der Waals surface area contributed by atoms with Crippen molar-refractivity contribution in [1.29, 1.82) is 0 Å². The molecule has 1 aromatic carbocycles. The molecule has 2 rings (SSSR count). The van der Waals surface area contributed by atoms with E-state index >= 15 is 0 Å². The molecule has 0 aromatic heterocycles. The summed E-state index contributed by atoms with van der Waals surface area (Å²) < 4.78 is 26.5. The minimum Gasteiger partial charge on any atom is -0.392 e. The van der Waals surface area contributed by atoms with Gasteiger partial charge in [-0.3, -0.25) is 4.79 Å². The summed E-state index contributed by atoms with van der Waals surface area (Å²) in [7, 11) is 0. The maximum atomic E-state index is 13.5. The molecule has 1 amide bonds. The molecule has 1 heterocycles. The summed E-state index contributed by atoms with van der Waals surface area (Å²) in [5.41, 5.74) is -0.107. The van der Waals surface area contributed by atoms with E-state index in [1.165, 1.54) is 0 Å². The number of rotatable bonds is 2. The second-order valence-corrected chi connectivity index (χ2v) is 4.94. The topological polar surface area (TPSA) is 61.4 Å². The number of aliphatic hydroxyl groups excluding tert-OH is 1. The molecular weight excluding hydrogens is 310 g/mol. The van der Waals surface area contributed by atoms with Gasteiger partial charge in [-0.2, -0.15) is 0 Å². The van der Waals surface area contributed by atoms with Crippen LogP contribution in [0.5, 0.6) is 0 Å². The molecule has 0 bridgehead atoms. The Labute approximate surface area is 111 Å². The average Bonchev–Trinajstić information content (AvgIpc) is 2.70.